The van der Waals surface area contributed by atoms with Crippen LogP contribution < -0.4 is 10.6 Å². The first kappa shape index (κ1) is 31.4. The quantitative estimate of drug-likeness (QED) is 0.191. The number of benzene rings is 1. The van der Waals surface area contributed by atoms with Crippen LogP contribution in [0.1, 0.15) is 31.7 Å². The maximum absolute atomic E-state index is 13.1. The maximum atomic E-state index is 13.1. The van der Waals surface area contributed by atoms with Gasteiger partial charge in [-0.3, -0.25) is 4.79 Å². The van der Waals surface area contributed by atoms with Crippen molar-refractivity contribution in [2.24, 2.45) is 0 Å². The maximum Gasteiger partial charge on any atom is 0.338 e. The van der Waals surface area contributed by atoms with Gasteiger partial charge < -0.3 is 39.6 Å². The number of nitrogens with one attached hydrogen (secondary N) is 2. The molecule has 234 valence electrons. The zero-order chi connectivity index (χ0) is 31.4. The van der Waals surface area contributed by atoms with E-state index in [2.05, 4.69) is 22.8 Å². The van der Waals surface area contributed by atoms with E-state index >= 15 is 0 Å². The monoisotopic (exact) mass is 625 g/mol. The van der Waals surface area contributed by atoms with Gasteiger partial charge in [0.2, 0.25) is 0 Å². The number of fused-ring (bicyclic) bond motifs is 1. The van der Waals surface area contributed by atoms with Gasteiger partial charge in [0, 0.05) is 41.9 Å². The summed E-state index contributed by atoms with van der Waals surface area (Å²) in [5, 5.41) is 16.5. The van der Waals surface area contributed by atoms with E-state index in [1.165, 1.54) is 12.7 Å². The van der Waals surface area contributed by atoms with Crippen molar-refractivity contribution in [1.29, 1.82) is 0 Å². The van der Waals surface area contributed by atoms with Crippen molar-refractivity contribution >= 4 is 35.0 Å². The minimum absolute atomic E-state index is 0.00746. The predicted molar refractivity (Wildman–Crippen MR) is 162 cm³/mol. The Bertz CT molecular complexity index is 1490. The molecule has 12 heteroatoms. The van der Waals surface area contributed by atoms with Crippen molar-refractivity contribution in [3.63, 3.8) is 0 Å². The van der Waals surface area contributed by atoms with Gasteiger partial charge in [0.1, 0.15) is 0 Å². The second-order valence-electron chi connectivity index (χ2n) is 10.8. The Morgan fingerprint density at radius 3 is 2.70 bits per heavy atom. The highest BCUT2D eigenvalue weighted by Gasteiger charge is 2.49. The van der Waals surface area contributed by atoms with Crippen LogP contribution in [0.5, 0.6) is 0 Å². The zero-order valence-electron chi connectivity index (χ0n) is 24.9. The lowest BCUT2D eigenvalue weighted by atomic mass is 9.84. The number of ether oxygens (including phenoxy) is 4. The smallest absolute Gasteiger partial charge is 0.338 e. The van der Waals surface area contributed by atoms with Crippen molar-refractivity contribution in [2.45, 2.75) is 44.1 Å². The van der Waals surface area contributed by atoms with Gasteiger partial charge in [0.25, 0.3) is 11.7 Å². The fourth-order valence-corrected chi connectivity index (χ4v) is 5.94. The number of rotatable bonds is 11. The number of amides is 1. The largest absolute Gasteiger partial charge is 0.478 e. The Balaban J connectivity index is 1.25. The molecule has 1 amide bonds. The van der Waals surface area contributed by atoms with Crippen LogP contribution in [-0.2, 0) is 33.3 Å². The molecule has 0 radical (unpaired) electrons. The van der Waals surface area contributed by atoms with E-state index in [4.69, 9.17) is 30.5 Å². The Kier molecular flexibility index (Phi) is 9.48. The first-order chi connectivity index (χ1) is 21.2. The first-order valence-electron chi connectivity index (χ1n) is 14.4. The van der Waals surface area contributed by atoms with E-state index in [0.29, 0.717) is 35.2 Å². The van der Waals surface area contributed by atoms with Gasteiger partial charge in [-0.15, -0.1) is 0 Å². The predicted octanol–water partition coefficient (Wildman–Crippen LogP) is 3.29. The molecule has 1 aromatic carbocycles. The van der Waals surface area contributed by atoms with E-state index in [1.54, 1.807) is 43.1 Å². The van der Waals surface area contributed by atoms with Gasteiger partial charge in [-0.05, 0) is 37.5 Å². The summed E-state index contributed by atoms with van der Waals surface area (Å²) in [6, 6.07) is 6.09. The Morgan fingerprint density at radius 1 is 1.25 bits per heavy atom. The van der Waals surface area contributed by atoms with E-state index in [-0.39, 0.29) is 42.5 Å². The van der Waals surface area contributed by atoms with Crippen molar-refractivity contribution in [2.75, 3.05) is 40.5 Å². The molecule has 1 aliphatic carbocycles. The van der Waals surface area contributed by atoms with E-state index < -0.39 is 29.7 Å². The SMILES string of the molecule is COC(=O)C1=C(c2ccccc2Cl)C(C(=O)O)=C(C)N(C)C1COCCNC(=O)C1(OC2=CC=C3CCC=CC3N2)CCO1. The molecule has 4 aliphatic rings. The summed E-state index contributed by atoms with van der Waals surface area (Å²) in [5.41, 5.74) is 2.34. The molecule has 5 rings (SSSR count). The summed E-state index contributed by atoms with van der Waals surface area (Å²) in [6.45, 7) is 2.33. The fraction of sp³-hybridized carbons (Fsp3) is 0.406. The number of nitrogens with zero attached hydrogens (tertiary/aromatic N) is 1. The summed E-state index contributed by atoms with van der Waals surface area (Å²) in [4.78, 5) is 40.3. The van der Waals surface area contributed by atoms with Gasteiger partial charge in [-0.25, -0.2) is 9.59 Å². The summed E-state index contributed by atoms with van der Waals surface area (Å²) in [5.74, 6) is -3.27. The van der Waals surface area contributed by atoms with Gasteiger partial charge in [-0.1, -0.05) is 48.0 Å². The molecule has 3 aliphatic heterocycles. The molecule has 1 aromatic rings. The highest BCUT2D eigenvalue weighted by Crippen LogP contribution is 2.41. The van der Waals surface area contributed by atoms with Crippen molar-refractivity contribution in [3.05, 3.63) is 87.5 Å². The zero-order valence-corrected chi connectivity index (χ0v) is 25.6. The highest BCUT2D eigenvalue weighted by atomic mass is 35.5. The van der Waals surface area contributed by atoms with Crippen LogP contribution in [0, 0.1) is 0 Å². The Morgan fingerprint density at radius 2 is 2.02 bits per heavy atom. The molecular formula is C32H36ClN3O8. The number of dihydropyridines is 1. The molecular weight excluding hydrogens is 590 g/mol. The van der Waals surface area contributed by atoms with E-state index in [1.807, 2.05) is 12.2 Å². The second-order valence-corrected chi connectivity index (χ2v) is 11.2. The number of esters is 1. The number of likely N-dealkylation sites (N-methyl/N-ethyl adjacent to an activating group) is 1. The van der Waals surface area contributed by atoms with Gasteiger partial charge >= 0.3 is 11.9 Å². The van der Waals surface area contributed by atoms with Gasteiger partial charge in [0.15, 0.2) is 5.88 Å². The molecule has 3 N–H and O–H groups in total. The third-order valence-corrected chi connectivity index (χ3v) is 8.57. The number of allylic oxidation sites excluding steroid dienone is 4. The molecule has 0 spiro atoms. The molecule has 0 bridgehead atoms. The summed E-state index contributed by atoms with van der Waals surface area (Å²) >= 11 is 6.47. The molecule has 3 unspecified atom stereocenters. The lowest BCUT2D eigenvalue weighted by Crippen LogP contribution is -2.59. The molecule has 1 saturated heterocycles. The summed E-state index contributed by atoms with van der Waals surface area (Å²) < 4.78 is 22.7. The number of hydrogen-bond acceptors (Lipinski definition) is 9. The normalized spacial score (nSPS) is 24.4. The molecule has 44 heavy (non-hydrogen) atoms. The molecule has 1 fully saturated rings. The topological polar surface area (TPSA) is 136 Å². The van der Waals surface area contributed by atoms with Crippen LogP contribution in [0.15, 0.2) is 76.9 Å². The standard InChI is InChI=1S/C32H36ClN3O8/c1-19-26(29(37)38)27(21-9-5-6-10-22(21)33)28(30(39)41-3)24(36(19)2)18-42-17-15-34-31(40)32(14-16-43-32)44-25-13-12-20-8-4-7-11-23(20)35-25/h5-7,9-13,23-24,35H,4,8,14-18H2,1-3H3,(H,34,40)(H,37,38). The number of halogens is 1. The lowest BCUT2D eigenvalue weighted by Gasteiger charge is -2.41. The van der Waals surface area contributed by atoms with Crippen LogP contribution in [-0.4, -0.2) is 86.2 Å². The Hall–Kier alpha value is -4.06. The molecule has 0 aromatic heterocycles. The van der Waals surface area contributed by atoms with E-state index in [0.717, 1.165) is 12.8 Å². The fourth-order valence-electron chi connectivity index (χ4n) is 5.71. The first-order valence-corrected chi connectivity index (χ1v) is 14.8. The molecule has 3 heterocycles. The minimum Gasteiger partial charge on any atom is -0.478 e. The number of carboxylic acid groups (broad SMARTS) is 1. The number of carbonyl (C=O) groups is 3. The lowest BCUT2D eigenvalue weighted by molar-refractivity contribution is -0.275. The van der Waals surface area contributed by atoms with Crippen molar-refractivity contribution in [3.8, 4) is 0 Å². The summed E-state index contributed by atoms with van der Waals surface area (Å²) in [7, 11) is 2.92. The number of aliphatic carboxylic acids is 1. The highest BCUT2D eigenvalue weighted by molar-refractivity contribution is 6.33. The molecule has 0 saturated carbocycles. The van der Waals surface area contributed by atoms with Crippen LogP contribution in [0.2, 0.25) is 5.02 Å². The van der Waals surface area contributed by atoms with Gasteiger partial charge in [0.05, 0.1) is 50.2 Å². The van der Waals surface area contributed by atoms with Gasteiger partial charge in [-0.2, -0.15) is 0 Å². The Labute approximate surface area is 260 Å². The van der Waals surface area contributed by atoms with Crippen molar-refractivity contribution < 1.29 is 38.4 Å². The summed E-state index contributed by atoms with van der Waals surface area (Å²) in [6.07, 6.45) is 10.4. The third-order valence-electron chi connectivity index (χ3n) is 8.24. The number of methoxy groups -OCH3 is 1. The second kappa shape index (κ2) is 13.3. The van der Waals surface area contributed by atoms with Crippen LogP contribution in [0.25, 0.3) is 5.57 Å². The van der Waals surface area contributed by atoms with Crippen LogP contribution >= 0.6 is 11.6 Å². The average Bonchev–Trinajstić information content (AvgIpc) is 3.00. The molecule has 11 nitrogen and oxygen atoms in total. The number of carboxylic acids is 1. The molecule has 3 atom stereocenters. The third kappa shape index (κ3) is 6.12. The average molecular weight is 626 g/mol. The number of carbonyl (C=O) groups excluding carboxylic acids is 2. The van der Waals surface area contributed by atoms with Crippen molar-refractivity contribution in [1.82, 2.24) is 15.5 Å². The van der Waals surface area contributed by atoms with Crippen LogP contribution in [0.4, 0.5) is 0 Å². The minimum atomic E-state index is -1.42. The number of hydrogen-bond donors (Lipinski definition) is 3. The van der Waals surface area contributed by atoms with E-state index in [9.17, 15) is 19.5 Å². The van der Waals surface area contributed by atoms with Crippen LogP contribution in [0.3, 0.4) is 0 Å².